The van der Waals surface area contributed by atoms with Crippen molar-refractivity contribution in [1.82, 2.24) is 19.9 Å². The monoisotopic (exact) mass is 535 g/mol. The number of benzene rings is 2. The molecule has 0 bridgehead atoms. The summed E-state index contributed by atoms with van der Waals surface area (Å²) in [5, 5.41) is 14.9. The summed E-state index contributed by atoms with van der Waals surface area (Å²) < 4.78 is 22.7. The third-order valence-electron chi connectivity index (χ3n) is 6.29. The van der Waals surface area contributed by atoms with E-state index in [2.05, 4.69) is 15.1 Å². The number of primary sulfonamides is 1. The van der Waals surface area contributed by atoms with E-state index in [1.54, 1.807) is 18.2 Å². The van der Waals surface area contributed by atoms with Gasteiger partial charge in [-0.2, -0.15) is 9.90 Å². The molecule has 1 saturated heterocycles. The lowest BCUT2D eigenvalue weighted by molar-refractivity contribution is 0.0955. The zero-order valence-electron chi connectivity index (χ0n) is 19.1. The van der Waals surface area contributed by atoms with Gasteiger partial charge in [0.2, 0.25) is 10.0 Å². The molecule has 0 aliphatic carbocycles. The first-order valence-electron chi connectivity index (χ1n) is 11.4. The molecule has 1 aliphatic rings. The molecular weight excluding hydrogens is 509 g/mol. The van der Waals surface area contributed by atoms with Crippen molar-refractivity contribution >= 4 is 39.0 Å². The number of nitrogens with zero attached hydrogens (tertiary/aromatic N) is 4. The molecule has 0 amide bonds. The van der Waals surface area contributed by atoms with Gasteiger partial charge < -0.3 is 0 Å². The van der Waals surface area contributed by atoms with Crippen LogP contribution in [0, 0.1) is 5.92 Å². The number of rotatable bonds is 9. The van der Waals surface area contributed by atoms with E-state index in [9.17, 15) is 13.2 Å². The molecule has 0 radical (unpaired) electrons. The SMILES string of the molecule is NS(=O)(=O)c1ccc(Cn2ncc(C(=O)CCC3CCN(Cc4ccc(Cl)cc4Cl)CC3)n2)cc1. The normalized spacial score (nSPS) is 15.4. The Morgan fingerprint density at radius 2 is 1.77 bits per heavy atom. The van der Waals surface area contributed by atoms with E-state index in [0.717, 1.165) is 50.0 Å². The van der Waals surface area contributed by atoms with Crippen molar-refractivity contribution in [2.45, 2.75) is 43.7 Å². The number of Topliss-reactive ketones (excluding diaryl/α,β-unsaturated/α-hetero) is 1. The number of carbonyl (C=O) groups is 1. The minimum absolute atomic E-state index is 0.0174. The Morgan fingerprint density at radius 1 is 1.06 bits per heavy atom. The third kappa shape index (κ3) is 7.11. The van der Waals surface area contributed by atoms with Crippen LogP contribution in [0.2, 0.25) is 10.0 Å². The molecule has 2 N–H and O–H groups in total. The summed E-state index contributed by atoms with van der Waals surface area (Å²) in [6, 6.07) is 11.8. The Balaban J connectivity index is 1.22. The van der Waals surface area contributed by atoms with Crippen LogP contribution >= 0.6 is 23.2 Å². The number of carbonyl (C=O) groups excluding carboxylic acids is 1. The third-order valence-corrected chi connectivity index (χ3v) is 7.81. The lowest BCUT2D eigenvalue weighted by atomic mass is 9.91. The van der Waals surface area contributed by atoms with Crippen LogP contribution in [-0.2, 0) is 23.1 Å². The Labute approximate surface area is 215 Å². The van der Waals surface area contributed by atoms with Crippen molar-refractivity contribution < 1.29 is 13.2 Å². The molecule has 186 valence electrons. The van der Waals surface area contributed by atoms with Crippen LogP contribution in [-0.4, -0.2) is 47.2 Å². The number of aromatic nitrogens is 3. The minimum atomic E-state index is -3.73. The number of hydrogen-bond donors (Lipinski definition) is 1. The van der Waals surface area contributed by atoms with Gasteiger partial charge in [-0.3, -0.25) is 9.69 Å². The number of piperidine rings is 1. The fourth-order valence-electron chi connectivity index (χ4n) is 4.24. The fourth-order valence-corrected chi connectivity index (χ4v) is 5.22. The molecule has 0 atom stereocenters. The fraction of sp³-hybridized carbons (Fsp3) is 0.375. The van der Waals surface area contributed by atoms with Crippen LogP contribution in [0.25, 0.3) is 0 Å². The van der Waals surface area contributed by atoms with Crippen molar-refractivity contribution in [1.29, 1.82) is 0 Å². The molecule has 8 nitrogen and oxygen atoms in total. The quantitative estimate of drug-likeness (QED) is 0.412. The van der Waals surface area contributed by atoms with Crippen LogP contribution in [0.3, 0.4) is 0 Å². The molecule has 0 unspecified atom stereocenters. The van der Waals surface area contributed by atoms with E-state index >= 15 is 0 Å². The summed E-state index contributed by atoms with van der Waals surface area (Å²) in [7, 11) is -3.73. The Bertz CT molecular complexity index is 1290. The summed E-state index contributed by atoms with van der Waals surface area (Å²) in [6.07, 6.45) is 4.84. The van der Waals surface area contributed by atoms with Gasteiger partial charge in [0.15, 0.2) is 5.78 Å². The standard InChI is InChI=1S/C24H27Cl2N5O3S/c25-20-5-4-19(22(26)13-20)16-30-11-9-17(10-12-30)3-8-24(32)23-14-28-31(29-23)15-18-1-6-21(7-2-18)35(27,33)34/h1-2,4-7,13-14,17H,3,8-12,15-16H2,(H2,27,33,34). The van der Waals surface area contributed by atoms with E-state index in [0.29, 0.717) is 34.6 Å². The number of nitrogens with two attached hydrogens (primary N) is 1. The van der Waals surface area contributed by atoms with Gasteiger partial charge in [-0.05, 0) is 73.7 Å². The summed E-state index contributed by atoms with van der Waals surface area (Å²) in [5.41, 5.74) is 2.23. The van der Waals surface area contributed by atoms with Crippen molar-refractivity contribution in [3.05, 3.63) is 75.5 Å². The smallest absolute Gasteiger partial charge is 0.238 e. The van der Waals surface area contributed by atoms with Crippen molar-refractivity contribution in [3.8, 4) is 0 Å². The van der Waals surface area contributed by atoms with E-state index in [-0.39, 0.29) is 10.7 Å². The van der Waals surface area contributed by atoms with Gasteiger partial charge in [-0.1, -0.05) is 41.4 Å². The maximum atomic E-state index is 12.6. The molecule has 1 fully saturated rings. The molecule has 35 heavy (non-hydrogen) atoms. The molecule has 11 heteroatoms. The van der Waals surface area contributed by atoms with Crippen LogP contribution in [0.1, 0.15) is 47.3 Å². The van der Waals surface area contributed by atoms with Crippen LogP contribution in [0.15, 0.2) is 53.6 Å². The first kappa shape index (κ1) is 25.8. The van der Waals surface area contributed by atoms with Crippen molar-refractivity contribution in [3.63, 3.8) is 0 Å². The zero-order chi connectivity index (χ0) is 25.0. The van der Waals surface area contributed by atoms with Gasteiger partial charge in [-0.25, -0.2) is 13.6 Å². The highest BCUT2D eigenvalue weighted by molar-refractivity contribution is 7.89. The Kier molecular flexibility index (Phi) is 8.23. The lowest BCUT2D eigenvalue weighted by Gasteiger charge is -2.32. The highest BCUT2D eigenvalue weighted by Crippen LogP contribution is 2.27. The highest BCUT2D eigenvalue weighted by Gasteiger charge is 2.21. The number of sulfonamides is 1. The number of likely N-dealkylation sites (tertiary alicyclic amines) is 1. The molecule has 0 saturated carbocycles. The first-order chi connectivity index (χ1) is 16.7. The van der Waals surface area contributed by atoms with Gasteiger partial charge >= 0.3 is 0 Å². The molecule has 0 spiro atoms. The van der Waals surface area contributed by atoms with Crippen LogP contribution in [0.5, 0.6) is 0 Å². The summed E-state index contributed by atoms with van der Waals surface area (Å²) >= 11 is 12.3. The average molecular weight is 536 g/mol. The molecule has 2 aromatic carbocycles. The minimum Gasteiger partial charge on any atom is -0.299 e. The van der Waals surface area contributed by atoms with E-state index in [1.807, 2.05) is 12.1 Å². The molecular formula is C24H27Cl2N5O3S. The first-order valence-corrected chi connectivity index (χ1v) is 13.7. The van der Waals surface area contributed by atoms with Gasteiger partial charge in [-0.15, -0.1) is 5.10 Å². The van der Waals surface area contributed by atoms with E-state index in [1.165, 1.54) is 23.1 Å². The summed E-state index contributed by atoms with van der Waals surface area (Å²) in [5.74, 6) is 0.486. The second-order valence-electron chi connectivity index (χ2n) is 8.87. The van der Waals surface area contributed by atoms with Crippen LogP contribution < -0.4 is 5.14 Å². The number of halogens is 2. The second-order valence-corrected chi connectivity index (χ2v) is 11.3. The predicted octanol–water partition coefficient (Wildman–Crippen LogP) is 4.16. The van der Waals surface area contributed by atoms with E-state index in [4.69, 9.17) is 28.3 Å². The van der Waals surface area contributed by atoms with Gasteiger partial charge in [0.1, 0.15) is 5.69 Å². The molecule has 1 aromatic heterocycles. The summed E-state index contributed by atoms with van der Waals surface area (Å²) in [6.45, 7) is 3.07. The molecule has 3 aromatic rings. The highest BCUT2D eigenvalue weighted by atomic mass is 35.5. The van der Waals surface area contributed by atoms with Crippen molar-refractivity contribution in [2.75, 3.05) is 13.1 Å². The van der Waals surface area contributed by atoms with E-state index < -0.39 is 10.0 Å². The Hall–Kier alpha value is -2.30. The van der Waals surface area contributed by atoms with Crippen molar-refractivity contribution in [2.24, 2.45) is 11.1 Å². The van der Waals surface area contributed by atoms with Gasteiger partial charge in [0.05, 0.1) is 17.6 Å². The van der Waals surface area contributed by atoms with Crippen LogP contribution in [0.4, 0.5) is 0 Å². The summed E-state index contributed by atoms with van der Waals surface area (Å²) in [4.78, 5) is 16.5. The Morgan fingerprint density at radius 3 is 2.43 bits per heavy atom. The lowest BCUT2D eigenvalue weighted by Crippen LogP contribution is -2.33. The molecule has 2 heterocycles. The predicted molar refractivity (Wildman–Crippen MR) is 135 cm³/mol. The maximum absolute atomic E-state index is 12.6. The average Bonchev–Trinajstić information content (AvgIpc) is 3.28. The largest absolute Gasteiger partial charge is 0.299 e. The molecule has 4 rings (SSSR count). The maximum Gasteiger partial charge on any atom is 0.238 e. The topological polar surface area (TPSA) is 111 Å². The molecule has 1 aliphatic heterocycles. The van der Waals surface area contributed by atoms with Gasteiger partial charge in [0.25, 0.3) is 0 Å². The number of ketones is 1. The van der Waals surface area contributed by atoms with Gasteiger partial charge in [0, 0.05) is 23.0 Å². The second kappa shape index (κ2) is 11.2. The number of hydrogen-bond acceptors (Lipinski definition) is 6. The zero-order valence-corrected chi connectivity index (χ0v) is 21.4.